The largest absolute Gasteiger partial charge is 0.296 e. The zero-order valence-corrected chi connectivity index (χ0v) is 13.9. The van der Waals surface area contributed by atoms with Gasteiger partial charge in [-0.15, -0.1) is 10.2 Å². The summed E-state index contributed by atoms with van der Waals surface area (Å²) in [6, 6.07) is 4.23. The zero-order chi connectivity index (χ0) is 15.2. The number of aromatic nitrogens is 2. The summed E-state index contributed by atoms with van der Waals surface area (Å²) in [5, 5.41) is 11.8. The summed E-state index contributed by atoms with van der Waals surface area (Å²) in [6.45, 7) is 2.14. The van der Waals surface area contributed by atoms with Crippen molar-refractivity contribution in [3.05, 3.63) is 39.1 Å². The minimum absolute atomic E-state index is 0.0212. The predicted molar refractivity (Wildman–Crippen MR) is 85.2 cm³/mol. The highest BCUT2D eigenvalue weighted by Gasteiger charge is 2.14. The maximum Gasteiger partial charge on any atom is 0.260 e. The molecular weight excluding hydrogens is 357 g/mol. The molecule has 0 radical (unpaired) electrons. The Morgan fingerprint density at radius 3 is 2.95 bits per heavy atom. The standard InChI is InChI=1S/C14H15BrFN3OS/c1-2-3-4-5-12-18-19-14(21-12)17-13(20)10-8-9(15)6-7-11(10)16/h6-8H,2-5H2,1H3,(H,17,19,20). The number of carbonyl (C=O) groups excluding carboxylic acids is 1. The summed E-state index contributed by atoms with van der Waals surface area (Å²) in [6.07, 6.45) is 4.20. The smallest absolute Gasteiger partial charge is 0.260 e. The normalized spacial score (nSPS) is 10.6. The van der Waals surface area contributed by atoms with Gasteiger partial charge in [0.15, 0.2) is 0 Å². The van der Waals surface area contributed by atoms with Crippen LogP contribution in [0, 0.1) is 5.82 Å². The lowest BCUT2D eigenvalue weighted by Crippen LogP contribution is -2.13. The zero-order valence-electron chi connectivity index (χ0n) is 11.5. The Labute approximate surface area is 134 Å². The van der Waals surface area contributed by atoms with E-state index in [4.69, 9.17) is 0 Å². The van der Waals surface area contributed by atoms with Gasteiger partial charge in [0.25, 0.3) is 5.91 Å². The SMILES string of the molecule is CCCCCc1nnc(NC(=O)c2cc(Br)ccc2F)s1. The van der Waals surface area contributed by atoms with Gasteiger partial charge in [-0.05, 0) is 24.6 Å². The fraction of sp³-hybridized carbons (Fsp3) is 0.357. The summed E-state index contributed by atoms with van der Waals surface area (Å²) in [5.41, 5.74) is -0.0212. The lowest BCUT2D eigenvalue weighted by molar-refractivity contribution is 0.102. The van der Waals surface area contributed by atoms with Gasteiger partial charge in [-0.3, -0.25) is 10.1 Å². The average molecular weight is 372 g/mol. The monoisotopic (exact) mass is 371 g/mol. The van der Waals surface area contributed by atoms with Gasteiger partial charge in [-0.25, -0.2) is 4.39 Å². The maximum atomic E-state index is 13.6. The molecule has 0 unspecified atom stereocenters. The van der Waals surface area contributed by atoms with Crippen LogP contribution in [0.15, 0.2) is 22.7 Å². The number of aryl methyl sites for hydroxylation is 1. The molecular formula is C14H15BrFN3OS. The van der Waals surface area contributed by atoms with Crippen LogP contribution in [0.5, 0.6) is 0 Å². The summed E-state index contributed by atoms with van der Waals surface area (Å²) >= 11 is 4.55. The lowest BCUT2D eigenvalue weighted by Gasteiger charge is -2.03. The Balaban J connectivity index is 2.01. The Hall–Kier alpha value is -1.34. The summed E-state index contributed by atoms with van der Waals surface area (Å²) in [4.78, 5) is 12.0. The van der Waals surface area contributed by atoms with Crippen molar-refractivity contribution in [3.63, 3.8) is 0 Å². The highest BCUT2D eigenvalue weighted by molar-refractivity contribution is 9.10. The second-order valence-electron chi connectivity index (χ2n) is 4.54. The fourth-order valence-electron chi connectivity index (χ4n) is 1.77. The third-order valence-corrected chi connectivity index (χ3v) is 4.25. The molecule has 1 N–H and O–H groups in total. The van der Waals surface area contributed by atoms with E-state index in [0.717, 1.165) is 30.7 Å². The highest BCUT2D eigenvalue weighted by atomic mass is 79.9. The number of benzene rings is 1. The van der Waals surface area contributed by atoms with Crippen LogP contribution in [0.3, 0.4) is 0 Å². The van der Waals surface area contributed by atoms with Crippen LogP contribution in [0.25, 0.3) is 0 Å². The number of anilines is 1. The van der Waals surface area contributed by atoms with Crippen LogP contribution in [-0.2, 0) is 6.42 Å². The van der Waals surface area contributed by atoms with Crippen molar-refractivity contribution in [1.29, 1.82) is 0 Å². The molecule has 2 rings (SSSR count). The quantitative estimate of drug-likeness (QED) is 0.764. The van der Waals surface area contributed by atoms with Crippen LogP contribution >= 0.6 is 27.3 Å². The molecule has 0 atom stereocenters. The molecule has 21 heavy (non-hydrogen) atoms. The number of hydrogen-bond donors (Lipinski definition) is 1. The van der Waals surface area contributed by atoms with Crippen molar-refractivity contribution in [2.24, 2.45) is 0 Å². The van der Waals surface area contributed by atoms with Crippen LogP contribution in [0.1, 0.15) is 41.6 Å². The van der Waals surface area contributed by atoms with Gasteiger partial charge in [0, 0.05) is 10.9 Å². The Bertz CT molecular complexity index is 632. The first-order valence-corrected chi connectivity index (χ1v) is 8.30. The van der Waals surface area contributed by atoms with E-state index in [1.807, 2.05) is 0 Å². The van der Waals surface area contributed by atoms with Gasteiger partial charge >= 0.3 is 0 Å². The molecule has 0 saturated carbocycles. The second kappa shape index (κ2) is 7.61. The molecule has 0 spiro atoms. The van der Waals surface area contributed by atoms with E-state index in [1.54, 1.807) is 6.07 Å². The highest BCUT2D eigenvalue weighted by Crippen LogP contribution is 2.20. The lowest BCUT2D eigenvalue weighted by atomic mass is 10.2. The van der Waals surface area contributed by atoms with E-state index in [9.17, 15) is 9.18 Å². The molecule has 0 aliphatic rings. The molecule has 1 amide bonds. The number of amides is 1. The molecule has 0 aliphatic heterocycles. The van der Waals surface area contributed by atoms with Crippen molar-refractivity contribution < 1.29 is 9.18 Å². The van der Waals surface area contributed by atoms with Crippen LogP contribution in [0.2, 0.25) is 0 Å². The molecule has 112 valence electrons. The summed E-state index contributed by atoms with van der Waals surface area (Å²) in [5.74, 6) is -1.09. The molecule has 0 fully saturated rings. The first-order valence-electron chi connectivity index (χ1n) is 6.69. The van der Waals surface area contributed by atoms with Crippen molar-refractivity contribution in [3.8, 4) is 0 Å². The number of nitrogens with zero attached hydrogens (tertiary/aromatic N) is 2. The molecule has 0 aliphatic carbocycles. The van der Waals surface area contributed by atoms with Crippen molar-refractivity contribution in [2.75, 3.05) is 5.32 Å². The van der Waals surface area contributed by atoms with Crippen LogP contribution in [0.4, 0.5) is 9.52 Å². The number of carbonyl (C=O) groups is 1. The fourth-order valence-corrected chi connectivity index (χ4v) is 2.91. The van der Waals surface area contributed by atoms with Gasteiger partial charge in [0.1, 0.15) is 10.8 Å². The predicted octanol–water partition coefficient (Wildman–Crippen LogP) is 4.42. The topological polar surface area (TPSA) is 54.9 Å². The van der Waals surface area contributed by atoms with Crippen molar-refractivity contribution in [2.45, 2.75) is 32.6 Å². The summed E-state index contributed by atoms with van der Waals surface area (Å²) in [7, 11) is 0. The van der Waals surface area contributed by atoms with Crippen LogP contribution in [-0.4, -0.2) is 16.1 Å². The molecule has 0 bridgehead atoms. The summed E-state index contributed by atoms with van der Waals surface area (Å²) < 4.78 is 14.3. The number of hydrogen-bond acceptors (Lipinski definition) is 4. The molecule has 1 heterocycles. The average Bonchev–Trinajstić information content (AvgIpc) is 2.89. The van der Waals surface area contributed by atoms with Crippen molar-refractivity contribution >= 4 is 38.3 Å². The molecule has 2 aromatic rings. The maximum absolute atomic E-state index is 13.6. The number of halogens is 2. The number of nitrogens with one attached hydrogen (secondary N) is 1. The Morgan fingerprint density at radius 2 is 2.19 bits per heavy atom. The van der Waals surface area contributed by atoms with Crippen LogP contribution < -0.4 is 5.32 Å². The van der Waals surface area contributed by atoms with E-state index >= 15 is 0 Å². The first kappa shape index (κ1) is 16.0. The van der Waals surface area contributed by atoms with E-state index in [0.29, 0.717) is 9.60 Å². The van der Waals surface area contributed by atoms with Gasteiger partial charge in [-0.2, -0.15) is 0 Å². The van der Waals surface area contributed by atoms with E-state index in [-0.39, 0.29) is 5.56 Å². The van der Waals surface area contributed by atoms with Crippen molar-refractivity contribution in [1.82, 2.24) is 10.2 Å². The minimum Gasteiger partial charge on any atom is -0.296 e. The first-order chi connectivity index (χ1) is 10.1. The molecule has 7 heteroatoms. The van der Waals surface area contributed by atoms with E-state index < -0.39 is 11.7 Å². The van der Waals surface area contributed by atoms with Gasteiger partial charge in [-0.1, -0.05) is 47.0 Å². The number of rotatable bonds is 6. The third kappa shape index (κ3) is 4.57. The molecule has 1 aromatic heterocycles. The number of unbranched alkanes of at least 4 members (excludes halogenated alkanes) is 2. The molecule has 4 nitrogen and oxygen atoms in total. The van der Waals surface area contributed by atoms with Gasteiger partial charge < -0.3 is 0 Å². The van der Waals surface area contributed by atoms with E-state index in [2.05, 4.69) is 38.4 Å². The van der Waals surface area contributed by atoms with E-state index in [1.165, 1.54) is 23.5 Å². The minimum atomic E-state index is -0.566. The van der Waals surface area contributed by atoms with Gasteiger partial charge in [0.2, 0.25) is 5.13 Å². The third-order valence-electron chi connectivity index (χ3n) is 2.85. The van der Waals surface area contributed by atoms with Gasteiger partial charge in [0.05, 0.1) is 5.56 Å². The Kier molecular flexibility index (Phi) is 5.81. The molecule has 0 saturated heterocycles. The second-order valence-corrected chi connectivity index (χ2v) is 6.51. The molecule has 1 aromatic carbocycles. The Morgan fingerprint density at radius 1 is 1.38 bits per heavy atom.